The molecule has 0 spiro atoms. The number of nitrogens with one attached hydrogen (secondary N) is 1. The fourth-order valence-corrected chi connectivity index (χ4v) is 3.31. The first kappa shape index (κ1) is 17.1. The molecular weight excluding hydrogens is 360 g/mol. The van der Waals surface area contributed by atoms with Gasteiger partial charge in [-0.3, -0.25) is 13.9 Å². The topological polar surface area (TPSA) is 72.7 Å². The summed E-state index contributed by atoms with van der Waals surface area (Å²) in [6, 6.07) is 19.0. The summed E-state index contributed by atoms with van der Waals surface area (Å²) in [7, 11) is 1.45. The van der Waals surface area contributed by atoms with E-state index in [0.29, 0.717) is 18.0 Å². The Balaban J connectivity index is 2.06. The summed E-state index contributed by atoms with van der Waals surface area (Å²) in [5.74, 6) is 0.516. The molecule has 0 aliphatic heterocycles. The molecule has 2 aromatic carbocycles. The van der Waals surface area contributed by atoms with Crippen molar-refractivity contribution in [3.05, 3.63) is 91.7 Å². The van der Waals surface area contributed by atoms with E-state index in [1.165, 1.54) is 11.6 Å². The predicted molar refractivity (Wildman–Crippen MR) is 107 cm³/mol. The number of H-pyrrole nitrogens is 1. The third kappa shape index (κ3) is 3.02. The molecule has 7 heteroatoms. The van der Waals surface area contributed by atoms with Crippen LogP contribution in [0, 0.1) is 4.64 Å². The van der Waals surface area contributed by atoms with Gasteiger partial charge in [0.1, 0.15) is 21.5 Å². The lowest BCUT2D eigenvalue weighted by Crippen LogP contribution is -2.39. The van der Waals surface area contributed by atoms with Gasteiger partial charge < -0.3 is 4.98 Å². The van der Waals surface area contributed by atoms with Crippen LogP contribution in [0.3, 0.4) is 0 Å². The molecule has 1 N–H and O–H groups in total. The molecule has 6 nitrogen and oxygen atoms in total. The van der Waals surface area contributed by atoms with Crippen molar-refractivity contribution in [2.45, 2.75) is 6.54 Å². The molecule has 0 aliphatic rings. The maximum Gasteiger partial charge on any atom is 0.332 e. The number of fused-ring (bicyclic) bond motifs is 1. The Morgan fingerprint density at radius 2 is 1.63 bits per heavy atom. The third-order valence-corrected chi connectivity index (χ3v) is 4.73. The quantitative estimate of drug-likeness (QED) is 0.558. The molecule has 4 rings (SSSR count). The minimum Gasteiger partial charge on any atom is -0.325 e. The fraction of sp³-hybridized carbons (Fsp3) is 0.100. The van der Waals surface area contributed by atoms with Crippen molar-refractivity contribution >= 4 is 23.3 Å². The molecule has 0 unspecified atom stereocenters. The highest BCUT2D eigenvalue weighted by Crippen LogP contribution is 2.17. The molecule has 2 heterocycles. The minimum atomic E-state index is -0.451. The van der Waals surface area contributed by atoms with E-state index in [2.05, 4.69) is 9.97 Å². The number of hydrogen-bond donors (Lipinski definition) is 1. The zero-order valence-electron chi connectivity index (χ0n) is 14.5. The number of aromatic nitrogens is 4. The van der Waals surface area contributed by atoms with Crippen molar-refractivity contribution in [1.82, 2.24) is 19.1 Å². The molecule has 0 amide bonds. The minimum absolute atomic E-state index is 0.171. The van der Waals surface area contributed by atoms with Gasteiger partial charge in [0.2, 0.25) is 0 Å². The Labute approximate surface area is 159 Å². The van der Waals surface area contributed by atoms with Crippen molar-refractivity contribution in [1.29, 1.82) is 0 Å². The summed E-state index contributed by atoms with van der Waals surface area (Å²) in [4.78, 5) is 33.0. The number of aromatic amines is 1. The highest BCUT2D eigenvalue weighted by Gasteiger charge is 2.15. The van der Waals surface area contributed by atoms with Crippen LogP contribution in [0.1, 0.15) is 5.56 Å². The van der Waals surface area contributed by atoms with Gasteiger partial charge in [-0.1, -0.05) is 72.9 Å². The van der Waals surface area contributed by atoms with Gasteiger partial charge in [-0.2, -0.15) is 0 Å². The summed E-state index contributed by atoms with van der Waals surface area (Å²) in [5.41, 5.74) is 1.28. The van der Waals surface area contributed by atoms with Crippen molar-refractivity contribution < 1.29 is 0 Å². The molecule has 2 aromatic heterocycles. The highest BCUT2D eigenvalue weighted by molar-refractivity contribution is 7.71. The van der Waals surface area contributed by atoms with E-state index < -0.39 is 11.2 Å². The lowest BCUT2D eigenvalue weighted by atomic mass is 10.2. The van der Waals surface area contributed by atoms with E-state index >= 15 is 0 Å². The molecule has 0 atom stereocenters. The molecule has 134 valence electrons. The Hall–Kier alpha value is -3.32. The first-order chi connectivity index (χ1) is 13.1. The summed E-state index contributed by atoms with van der Waals surface area (Å²) >= 11 is 5.40. The standard InChI is InChI=1S/C20H16N4O2S/c1-23-19(25)15-17(24(20(23)26)12-13-8-4-2-5-9-13)21-16(22-18(15)27)14-10-6-3-7-11-14/h2-11H,12H2,1H3,(H,21,22,27). The zero-order valence-corrected chi connectivity index (χ0v) is 15.4. The van der Waals surface area contributed by atoms with Crippen LogP contribution in [0.25, 0.3) is 22.4 Å². The maximum atomic E-state index is 12.8. The Morgan fingerprint density at radius 3 is 2.30 bits per heavy atom. The van der Waals surface area contributed by atoms with Crippen LogP contribution in [0.15, 0.2) is 70.3 Å². The average molecular weight is 376 g/mol. The van der Waals surface area contributed by atoms with Gasteiger partial charge in [-0.25, -0.2) is 9.78 Å². The van der Waals surface area contributed by atoms with Gasteiger partial charge in [0, 0.05) is 12.6 Å². The number of nitrogens with zero attached hydrogens (tertiary/aromatic N) is 3. The summed E-state index contributed by atoms with van der Waals surface area (Å²) in [6.45, 7) is 0.313. The maximum absolute atomic E-state index is 12.8. The lowest BCUT2D eigenvalue weighted by molar-refractivity contribution is 0.666. The van der Waals surface area contributed by atoms with Crippen LogP contribution >= 0.6 is 12.2 Å². The smallest absolute Gasteiger partial charge is 0.325 e. The molecule has 0 saturated heterocycles. The summed E-state index contributed by atoms with van der Waals surface area (Å²) < 4.78 is 2.76. The largest absolute Gasteiger partial charge is 0.332 e. The Bertz CT molecular complexity index is 1310. The van der Waals surface area contributed by atoms with E-state index in [9.17, 15) is 9.59 Å². The second-order valence-corrected chi connectivity index (χ2v) is 6.59. The van der Waals surface area contributed by atoms with Crippen molar-refractivity contribution in [3.8, 4) is 11.4 Å². The van der Waals surface area contributed by atoms with Crippen molar-refractivity contribution in [2.75, 3.05) is 0 Å². The van der Waals surface area contributed by atoms with Gasteiger partial charge >= 0.3 is 5.69 Å². The van der Waals surface area contributed by atoms with Crippen molar-refractivity contribution in [2.24, 2.45) is 7.05 Å². The zero-order chi connectivity index (χ0) is 19.0. The van der Waals surface area contributed by atoms with E-state index in [-0.39, 0.29) is 10.0 Å². The van der Waals surface area contributed by atoms with Crippen LogP contribution in [0.4, 0.5) is 0 Å². The van der Waals surface area contributed by atoms with Crippen LogP contribution in [-0.2, 0) is 13.6 Å². The SMILES string of the molecule is Cn1c(=O)c2c(=S)nc(-c3ccccc3)[nH]c2n(Cc2ccccc2)c1=O. The van der Waals surface area contributed by atoms with Crippen molar-refractivity contribution in [3.63, 3.8) is 0 Å². The predicted octanol–water partition coefficient (Wildman–Crippen LogP) is 2.87. The number of rotatable bonds is 3. The monoisotopic (exact) mass is 376 g/mol. The molecule has 0 fully saturated rings. The Morgan fingerprint density at radius 1 is 1.00 bits per heavy atom. The Kier molecular flexibility index (Phi) is 4.29. The van der Waals surface area contributed by atoms with Crippen LogP contribution < -0.4 is 11.2 Å². The molecule has 0 bridgehead atoms. The van der Waals surface area contributed by atoms with Gasteiger partial charge in [0.15, 0.2) is 0 Å². The molecule has 27 heavy (non-hydrogen) atoms. The molecule has 0 radical (unpaired) electrons. The van der Waals surface area contributed by atoms with E-state index in [1.807, 2.05) is 60.7 Å². The lowest BCUT2D eigenvalue weighted by Gasteiger charge is -2.13. The molecular formula is C20H16N4O2S. The first-order valence-electron chi connectivity index (χ1n) is 8.39. The van der Waals surface area contributed by atoms with Crippen LogP contribution in [-0.4, -0.2) is 19.1 Å². The van der Waals surface area contributed by atoms with Gasteiger partial charge in [-0.05, 0) is 5.56 Å². The van der Waals surface area contributed by atoms with Crippen LogP contribution in [0.5, 0.6) is 0 Å². The van der Waals surface area contributed by atoms with Gasteiger partial charge in [-0.15, -0.1) is 0 Å². The van der Waals surface area contributed by atoms with E-state index in [1.54, 1.807) is 0 Å². The van der Waals surface area contributed by atoms with Gasteiger partial charge in [0.05, 0.1) is 6.54 Å². The second kappa shape index (κ2) is 6.77. The second-order valence-electron chi connectivity index (χ2n) is 6.20. The summed E-state index contributed by atoms with van der Waals surface area (Å²) in [5, 5.41) is 0.239. The molecule has 0 saturated carbocycles. The fourth-order valence-electron chi connectivity index (χ4n) is 3.03. The van der Waals surface area contributed by atoms with E-state index in [0.717, 1.165) is 15.7 Å². The van der Waals surface area contributed by atoms with Crippen LogP contribution in [0.2, 0.25) is 0 Å². The third-order valence-electron chi connectivity index (χ3n) is 4.44. The van der Waals surface area contributed by atoms with E-state index in [4.69, 9.17) is 12.2 Å². The number of benzene rings is 2. The average Bonchev–Trinajstić information content (AvgIpc) is 2.70. The first-order valence-corrected chi connectivity index (χ1v) is 8.80. The summed E-state index contributed by atoms with van der Waals surface area (Å²) in [6.07, 6.45) is 0. The van der Waals surface area contributed by atoms with Gasteiger partial charge in [0.25, 0.3) is 5.56 Å². The molecule has 4 aromatic rings. The number of hydrogen-bond acceptors (Lipinski definition) is 4. The normalized spacial score (nSPS) is 11.0. The molecule has 0 aliphatic carbocycles. The highest BCUT2D eigenvalue weighted by atomic mass is 32.1.